The minimum atomic E-state index is -4.52. The maximum absolute atomic E-state index is 12.9. The van der Waals surface area contributed by atoms with Crippen molar-refractivity contribution in [2.75, 3.05) is 0 Å². The summed E-state index contributed by atoms with van der Waals surface area (Å²) >= 11 is 0. The maximum Gasteiger partial charge on any atom is 0.435 e. The van der Waals surface area contributed by atoms with Crippen molar-refractivity contribution in [3.8, 4) is 11.4 Å². The van der Waals surface area contributed by atoms with E-state index >= 15 is 0 Å². The predicted molar refractivity (Wildman–Crippen MR) is 75.5 cm³/mol. The molecule has 5 nitrogen and oxygen atoms in total. The Kier molecular flexibility index (Phi) is 3.86. The predicted octanol–water partition coefficient (Wildman–Crippen LogP) is 4.01. The Bertz CT molecular complexity index is 851. The molecule has 0 aliphatic rings. The Hall–Kier alpha value is -2.71. The van der Waals surface area contributed by atoms with E-state index in [-0.39, 0.29) is 11.7 Å². The molecule has 24 heavy (non-hydrogen) atoms. The molecule has 0 fully saturated rings. The first-order valence-corrected chi connectivity index (χ1v) is 6.98. The Morgan fingerprint density at radius 3 is 2.42 bits per heavy atom. The average Bonchev–Trinajstić information content (AvgIpc) is 3.14. The first kappa shape index (κ1) is 16.2. The van der Waals surface area contributed by atoms with E-state index < -0.39 is 23.7 Å². The maximum atomic E-state index is 12.9. The molecule has 0 aliphatic heterocycles. The molecule has 0 aliphatic carbocycles. The summed E-state index contributed by atoms with van der Waals surface area (Å²) < 4.78 is 57.5. The lowest BCUT2D eigenvalue weighted by atomic mass is 10.2. The van der Waals surface area contributed by atoms with Crippen molar-refractivity contribution >= 4 is 0 Å². The highest BCUT2D eigenvalue weighted by molar-refractivity contribution is 5.53. The quantitative estimate of drug-likeness (QED) is 0.676. The van der Waals surface area contributed by atoms with Gasteiger partial charge in [0.05, 0.1) is 0 Å². The summed E-state index contributed by atoms with van der Waals surface area (Å²) in [6, 6.07) is 5.74. The van der Waals surface area contributed by atoms with Gasteiger partial charge in [-0.05, 0) is 44.2 Å². The smallest absolute Gasteiger partial charge is 0.337 e. The van der Waals surface area contributed by atoms with Gasteiger partial charge in [0.1, 0.15) is 11.9 Å². The van der Waals surface area contributed by atoms with Gasteiger partial charge in [-0.1, -0.05) is 5.16 Å². The van der Waals surface area contributed by atoms with Crippen molar-refractivity contribution in [1.82, 2.24) is 19.9 Å². The highest BCUT2D eigenvalue weighted by atomic mass is 19.4. The molecule has 9 heteroatoms. The molecule has 2 heterocycles. The number of hydrogen-bond donors (Lipinski definition) is 0. The van der Waals surface area contributed by atoms with E-state index in [9.17, 15) is 17.6 Å². The zero-order valence-electron chi connectivity index (χ0n) is 12.7. The fourth-order valence-corrected chi connectivity index (χ4v) is 2.24. The number of nitrogens with zero attached hydrogens (tertiary/aromatic N) is 4. The summed E-state index contributed by atoms with van der Waals surface area (Å²) in [5, 5.41) is 7.34. The normalized spacial score (nSPS) is 13.2. The van der Waals surface area contributed by atoms with E-state index in [0.29, 0.717) is 11.3 Å². The molecule has 1 atom stereocenters. The SMILES string of the molecule is Cc1cc(C(F)(F)F)nn1C(C)c1nc(-c2ccc(F)cc2)no1. The van der Waals surface area contributed by atoms with Crippen LogP contribution in [-0.2, 0) is 6.18 Å². The van der Waals surface area contributed by atoms with Gasteiger partial charge in [0, 0.05) is 11.3 Å². The molecule has 0 amide bonds. The van der Waals surface area contributed by atoms with E-state index in [1.54, 1.807) is 6.92 Å². The van der Waals surface area contributed by atoms with Crippen LogP contribution in [0.4, 0.5) is 17.6 Å². The van der Waals surface area contributed by atoms with Gasteiger partial charge in [0.15, 0.2) is 5.69 Å². The second kappa shape index (κ2) is 5.73. The monoisotopic (exact) mass is 340 g/mol. The minimum Gasteiger partial charge on any atom is -0.337 e. The molecule has 0 saturated heterocycles. The van der Waals surface area contributed by atoms with Crippen LogP contribution in [0.25, 0.3) is 11.4 Å². The summed E-state index contributed by atoms with van der Waals surface area (Å²) in [6.07, 6.45) is -4.52. The van der Waals surface area contributed by atoms with Crippen LogP contribution in [0.3, 0.4) is 0 Å². The van der Waals surface area contributed by atoms with Crippen LogP contribution in [0.15, 0.2) is 34.9 Å². The topological polar surface area (TPSA) is 56.7 Å². The van der Waals surface area contributed by atoms with Gasteiger partial charge < -0.3 is 4.52 Å². The second-order valence-corrected chi connectivity index (χ2v) is 5.25. The van der Waals surface area contributed by atoms with Gasteiger partial charge in [0.2, 0.25) is 5.82 Å². The fourth-order valence-electron chi connectivity index (χ4n) is 2.24. The van der Waals surface area contributed by atoms with Crippen LogP contribution >= 0.6 is 0 Å². The molecule has 2 aromatic heterocycles. The molecule has 0 spiro atoms. The zero-order chi connectivity index (χ0) is 17.5. The lowest BCUT2D eigenvalue weighted by Crippen LogP contribution is -2.13. The zero-order valence-corrected chi connectivity index (χ0v) is 12.7. The van der Waals surface area contributed by atoms with Crippen LogP contribution in [0.5, 0.6) is 0 Å². The van der Waals surface area contributed by atoms with Gasteiger partial charge in [-0.3, -0.25) is 4.68 Å². The lowest BCUT2D eigenvalue weighted by Gasteiger charge is -2.09. The van der Waals surface area contributed by atoms with E-state index in [1.807, 2.05) is 0 Å². The molecular weight excluding hydrogens is 328 g/mol. The number of benzene rings is 1. The van der Waals surface area contributed by atoms with Crippen LogP contribution < -0.4 is 0 Å². The van der Waals surface area contributed by atoms with Crippen molar-refractivity contribution in [3.63, 3.8) is 0 Å². The Morgan fingerprint density at radius 2 is 1.83 bits per heavy atom. The van der Waals surface area contributed by atoms with Crippen molar-refractivity contribution < 1.29 is 22.1 Å². The summed E-state index contributed by atoms with van der Waals surface area (Å²) in [5.74, 6) is -0.0744. The van der Waals surface area contributed by atoms with Crippen LogP contribution in [0.2, 0.25) is 0 Å². The van der Waals surface area contributed by atoms with E-state index in [0.717, 1.165) is 6.07 Å². The number of aromatic nitrogens is 4. The van der Waals surface area contributed by atoms with Gasteiger partial charge in [0.25, 0.3) is 5.89 Å². The minimum absolute atomic E-state index is 0.106. The highest BCUT2D eigenvalue weighted by Gasteiger charge is 2.35. The third kappa shape index (κ3) is 3.01. The molecule has 1 unspecified atom stereocenters. The lowest BCUT2D eigenvalue weighted by molar-refractivity contribution is -0.141. The fraction of sp³-hybridized carbons (Fsp3) is 0.267. The molecule has 3 rings (SSSR count). The number of rotatable bonds is 3. The van der Waals surface area contributed by atoms with Crippen molar-refractivity contribution in [3.05, 3.63) is 53.4 Å². The Morgan fingerprint density at radius 1 is 1.17 bits per heavy atom. The summed E-state index contributed by atoms with van der Waals surface area (Å²) in [4.78, 5) is 4.16. The summed E-state index contributed by atoms with van der Waals surface area (Å²) in [6.45, 7) is 3.11. The van der Waals surface area contributed by atoms with E-state index in [2.05, 4.69) is 15.2 Å². The second-order valence-electron chi connectivity index (χ2n) is 5.25. The van der Waals surface area contributed by atoms with Crippen LogP contribution in [-0.4, -0.2) is 19.9 Å². The third-order valence-electron chi connectivity index (χ3n) is 3.48. The molecule has 1 aromatic carbocycles. The van der Waals surface area contributed by atoms with Gasteiger partial charge >= 0.3 is 6.18 Å². The number of aryl methyl sites for hydroxylation is 1. The summed E-state index contributed by atoms with van der Waals surface area (Å²) in [7, 11) is 0. The first-order valence-electron chi connectivity index (χ1n) is 6.98. The van der Waals surface area contributed by atoms with E-state index in [1.165, 1.54) is 35.9 Å². The molecule has 0 bridgehead atoms. The number of hydrogen-bond acceptors (Lipinski definition) is 4. The summed E-state index contributed by atoms with van der Waals surface area (Å²) in [5.41, 5.74) is -0.131. The van der Waals surface area contributed by atoms with Crippen LogP contribution in [0, 0.1) is 12.7 Å². The van der Waals surface area contributed by atoms with Crippen molar-refractivity contribution in [1.29, 1.82) is 0 Å². The average molecular weight is 340 g/mol. The first-order chi connectivity index (χ1) is 11.3. The van der Waals surface area contributed by atoms with Crippen molar-refractivity contribution in [2.24, 2.45) is 0 Å². The molecule has 126 valence electrons. The standard InChI is InChI=1S/C15H12F4N4O/c1-8-7-12(15(17,18)19)21-23(8)9(2)14-20-13(22-24-14)10-3-5-11(16)6-4-10/h3-7,9H,1-2H3. The molecule has 0 N–H and O–H groups in total. The van der Waals surface area contributed by atoms with Gasteiger partial charge in [-0.15, -0.1) is 0 Å². The number of halogens is 4. The van der Waals surface area contributed by atoms with Gasteiger partial charge in [-0.2, -0.15) is 23.3 Å². The number of alkyl halides is 3. The highest BCUT2D eigenvalue weighted by Crippen LogP contribution is 2.30. The molecule has 0 saturated carbocycles. The Labute approximate surface area is 133 Å². The molecule has 0 radical (unpaired) electrons. The van der Waals surface area contributed by atoms with Gasteiger partial charge in [-0.25, -0.2) is 4.39 Å². The van der Waals surface area contributed by atoms with Crippen LogP contribution in [0.1, 0.15) is 30.2 Å². The van der Waals surface area contributed by atoms with Crippen molar-refractivity contribution in [2.45, 2.75) is 26.1 Å². The van der Waals surface area contributed by atoms with E-state index in [4.69, 9.17) is 4.52 Å². The largest absolute Gasteiger partial charge is 0.435 e. The third-order valence-corrected chi connectivity index (χ3v) is 3.48. The Balaban J connectivity index is 1.90. The molecular formula is C15H12F4N4O. The molecule has 3 aromatic rings.